The molecule has 1 saturated heterocycles. The average Bonchev–Trinajstić information content (AvgIpc) is 2.91. The zero-order valence-corrected chi connectivity index (χ0v) is 11.6. The fraction of sp³-hybridized carbons (Fsp3) is 0.533. The Hall–Kier alpha value is -1.55. The van der Waals surface area contributed by atoms with Gasteiger partial charge in [-0.1, -0.05) is 6.07 Å². The highest BCUT2D eigenvalue weighted by Crippen LogP contribution is 2.15. The van der Waals surface area contributed by atoms with Gasteiger partial charge in [-0.15, -0.1) is 0 Å². The van der Waals surface area contributed by atoms with Crippen LogP contribution in [0.1, 0.15) is 35.2 Å². The van der Waals surface area contributed by atoms with Gasteiger partial charge in [0.15, 0.2) is 0 Å². The summed E-state index contributed by atoms with van der Waals surface area (Å²) in [7, 11) is 0. The molecule has 3 N–H and O–H groups in total. The van der Waals surface area contributed by atoms with Crippen LogP contribution in [0.4, 0.5) is 5.69 Å². The molecule has 1 aliphatic rings. The Kier molecular flexibility index (Phi) is 4.80. The van der Waals surface area contributed by atoms with Gasteiger partial charge in [-0.05, 0) is 63.5 Å². The molecule has 4 heteroatoms. The number of rotatable bonds is 5. The molecule has 0 aromatic heterocycles. The molecule has 1 aromatic carbocycles. The Morgan fingerprint density at radius 1 is 1.37 bits per heavy atom. The largest absolute Gasteiger partial charge is 0.398 e. The number of nitrogens with zero attached hydrogens (tertiary/aromatic N) is 1. The Labute approximate surface area is 115 Å². The fourth-order valence-electron chi connectivity index (χ4n) is 2.51. The molecular weight excluding hydrogens is 238 g/mol. The zero-order valence-electron chi connectivity index (χ0n) is 11.6. The Morgan fingerprint density at radius 2 is 2.11 bits per heavy atom. The van der Waals surface area contributed by atoms with Gasteiger partial charge in [-0.2, -0.15) is 0 Å². The van der Waals surface area contributed by atoms with Crippen molar-refractivity contribution < 1.29 is 4.79 Å². The molecule has 0 atom stereocenters. The predicted molar refractivity (Wildman–Crippen MR) is 78.2 cm³/mol. The van der Waals surface area contributed by atoms with E-state index in [9.17, 15) is 4.79 Å². The van der Waals surface area contributed by atoms with E-state index in [2.05, 4.69) is 10.2 Å². The SMILES string of the molecule is Cc1c(N)cccc1C(=O)NCCCN1CCCC1. The molecule has 4 nitrogen and oxygen atoms in total. The molecule has 1 amide bonds. The summed E-state index contributed by atoms with van der Waals surface area (Å²) < 4.78 is 0. The van der Waals surface area contributed by atoms with Crippen molar-refractivity contribution in [1.29, 1.82) is 0 Å². The van der Waals surface area contributed by atoms with Gasteiger partial charge in [0.1, 0.15) is 0 Å². The van der Waals surface area contributed by atoms with Gasteiger partial charge in [0.2, 0.25) is 0 Å². The van der Waals surface area contributed by atoms with Gasteiger partial charge in [0.05, 0.1) is 0 Å². The van der Waals surface area contributed by atoms with Crippen LogP contribution in [0.15, 0.2) is 18.2 Å². The second kappa shape index (κ2) is 6.57. The van der Waals surface area contributed by atoms with Crippen molar-refractivity contribution in [2.24, 2.45) is 0 Å². The van der Waals surface area contributed by atoms with Crippen LogP contribution in [-0.4, -0.2) is 37.0 Å². The Morgan fingerprint density at radius 3 is 2.84 bits per heavy atom. The number of amides is 1. The van der Waals surface area contributed by atoms with Crippen LogP contribution in [0.3, 0.4) is 0 Å². The van der Waals surface area contributed by atoms with Crippen molar-refractivity contribution in [3.8, 4) is 0 Å². The van der Waals surface area contributed by atoms with E-state index in [4.69, 9.17) is 5.73 Å². The summed E-state index contributed by atoms with van der Waals surface area (Å²) in [5.41, 5.74) is 8.02. The van der Waals surface area contributed by atoms with E-state index < -0.39 is 0 Å². The van der Waals surface area contributed by atoms with Crippen molar-refractivity contribution in [2.45, 2.75) is 26.2 Å². The average molecular weight is 261 g/mol. The van der Waals surface area contributed by atoms with E-state index in [0.29, 0.717) is 11.3 Å². The summed E-state index contributed by atoms with van der Waals surface area (Å²) in [4.78, 5) is 14.5. The third-order valence-electron chi connectivity index (χ3n) is 3.76. The molecule has 0 bridgehead atoms. The molecule has 2 rings (SSSR count). The van der Waals surface area contributed by atoms with Gasteiger partial charge >= 0.3 is 0 Å². The summed E-state index contributed by atoms with van der Waals surface area (Å²) >= 11 is 0. The van der Waals surface area contributed by atoms with Crippen LogP contribution >= 0.6 is 0 Å². The number of anilines is 1. The first-order valence-corrected chi connectivity index (χ1v) is 7.04. The van der Waals surface area contributed by atoms with Gasteiger partial charge in [0.25, 0.3) is 5.91 Å². The van der Waals surface area contributed by atoms with E-state index in [1.807, 2.05) is 25.1 Å². The van der Waals surface area contributed by atoms with Crippen LogP contribution in [0.2, 0.25) is 0 Å². The standard InChI is InChI=1S/C15H23N3O/c1-12-13(6-4-7-14(12)16)15(19)17-8-5-11-18-9-2-3-10-18/h4,6-7H,2-3,5,8-11,16H2,1H3,(H,17,19). The highest BCUT2D eigenvalue weighted by Gasteiger charge is 2.12. The number of nitrogen functional groups attached to an aromatic ring is 1. The van der Waals surface area contributed by atoms with Crippen molar-refractivity contribution in [2.75, 3.05) is 31.9 Å². The molecule has 1 aliphatic heterocycles. The lowest BCUT2D eigenvalue weighted by molar-refractivity contribution is 0.0951. The molecule has 0 saturated carbocycles. The smallest absolute Gasteiger partial charge is 0.251 e. The second-order valence-corrected chi connectivity index (χ2v) is 5.18. The lowest BCUT2D eigenvalue weighted by atomic mass is 10.1. The van der Waals surface area contributed by atoms with Gasteiger partial charge in [-0.3, -0.25) is 4.79 Å². The summed E-state index contributed by atoms with van der Waals surface area (Å²) in [5.74, 6) is -0.0220. The molecular formula is C15H23N3O. The van der Waals surface area contributed by atoms with Crippen LogP contribution in [0.5, 0.6) is 0 Å². The summed E-state index contributed by atoms with van der Waals surface area (Å²) in [6, 6.07) is 5.46. The van der Waals surface area contributed by atoms with Gasteiger partial charge in [0, 0.05) is 17.8 Å². The van der Waals surface area contributed by atoms with Crippen molar-refractivity contribution >= 4 is 11.6 Å². The minimum atomic E-state index is -0.0220. The fourth-order valence-corrected chi connectivity index (χ4v) is 2.51. The molecule has 1 heterocycles. The van der Waals surface area contributed by atoms with Gasteiger partial charge in [-0.25, -0.2) is 0 Å². The van der Waals surface area contributed by atoms with Crippen LogP contribution in [0, 0.1) is 6.92 Å². The van der Waals surface area contributed by atoms with E-state index in [1.54, 1.807) is 0 Å². The predicted octanol–water partition coefficient (Wildman–Crippen LogP) is 1.79. The van der Waals surface area contributed by atoms with E-state index >= 15 is 0 Å². The number of benzene rings is 1. The maximum absolute atomic E-state index is 12.0. The minimum absolute atomic E-state index is 0.0220. The highest BCUT2D eigenvalue weighted by molar-refractivity contribution is 5.96. The Balaban J connectivity index is 1.76. The zero-order chi connectivity index (χ0) is 13.7. The normalized spacial score (nSPS) is 15.6. The lowest BCUT2D eigenvalue weighted by Crippen LogP contribution is -2.29. The Bertz CT molecular complexity index is 439. The first kappa shape index (κ1) is 13.9. The second-order valence-electron chi connectivity index (χ2n) is 5.18. The summed E-state index contributed by atoms with van der Waals surface area (Å²) in [6.07, 6.45) is 3.64. The first-order chi connectivity index (χ1) is 9.18. The molecule has 1 aromatic rings. The van der Waals surface area contributed by atoms with Crippen molar-refractivity contribution in [1.82, 2.24) is 10.2 Å². The number of nitrogens with one attached hydrogen (secondary N) is 1. The number of carbonyl (C=O) groups excluding carboxylic acids is 1. The molecule has 0 aliphatic carbocycles. The maximum atomic E-state index is 12.0. The molecule has 1 fully saturated rings. The maximum Gasteiger partial charge on any atom is 0.251 e. The molecule has 0 spiro atoms. The molecule has 19 heavy (non-hydrogen) atoms. The lowest BCUT2D eigenvalue weighted by Gasteiger charge is -2.14. The van der Waals surface area contributed by atoms with Crippen LogP contribution in [-0.2, 0) is 0 Å². The third kappa shape index (κ3) is 3.70. The molecule has 104 valence electrons. The van der Waals surface area contributed by atoms with Gasteiger partial charge < -0.3 is 16.0 Å². The third-order valence-corrected chi connectivity index (χ3v) is 3.76. The monoisotopic (exact) mass is 261 g/mol. The number of hydrogen-bond donors (Lipinski definition) is 2. The molecule has 0 unspecified atom stereocenters. The number of nitrogens with two attached hydrogens (primary N) is 1. The number of hydrogen-bond acceptors (Lipinski definition) is 3. The topological polar surface area (TPSA) is 58.4 Å². The van der Waals surface area contributed by atoms with Crippen molar-refractivity contribution in [3.05, 3.63) is 29.3 Å². The summed E-state index contributed by atoms with van der Waals surface area (Å²) in [5, 5.41) is 2.97. The van der Waals surface area contributed by atoms with Crippen molar-refractivity contribution in [3.63, 3.8) is 0 Å². The minimum Gasteiger partial charge on any atom is -0.398 e. The highest BCUT2D eigenvalue weighted by atomic mass is 16.1. The van der Waals surface area contributed by atoms with E-state index in [-0.39, 0.29) is 5.91 Å². The molecule has 0 radical (unpaired) electrons. The quantitative estimate of drug-likeness (QED) is 0.627. The van der Waals surface area contributed by atoms with E-state index in [1.165, 1.54) is 25.9 Å². The van der Waals surface area contributed by atoms with Crippen LogP contribution < -0.4 is 11.1 Å². The van der Waals surface area contributed by atoms with Crippen LogP contribution in [0.25, 0.3) is 0 Å². The number of likely N-dealkylation sites (tertiary alicyclic amines) is 1. The summed E-state index contributed by atoms with van der Waals surface area (Å²) in [6.45, 7) is 6.11. The number of carbonyl (C=O) groups is 1. The first-order valence-electron chi connectivity index (χ1n) is 7.04. The van der Waals surface area contributed by atoms with E-state index in [0.717, 1.165) is 25.1 Å².